The predicted molar refractivity (Wildman–Crippen MR) is 103 cm³/mol. The van der Waals surface area contributed by atoms with Crippen molar-refractivity contribution in [3.8, 4) is 0 Å². The van der Waals surface area contributed by atoms with Crippen LogP contribution in [0.15, 0.2) is 53.4 Å². The van der Waals surface area contributed by atoms with Crippen molar-refractivity contribution in [3.05, 3.63) is 53.6 Å². The van der Waals surface area contributed by atoms with Gasteiger partial charge < -0.3 is 9.80 Å². The summed E-state index contributed by atoms with van der Waals surface area (Å²) in [7, 11) is -3.68. The minimum absolute atomic E-state index is 0.0930. The molecule has 0 radical (unpaired) electrons. The van der Waals surface area contributed by atoms with Crippen LogP contribution in [0.2, 0.25) is 5.02 Å². The van der Waals surface area contributed by atoms with E-state index in [0.29, 0.717) is 23.8 Å². The molecule has 0 aromatic heterocycles. The van der Waals surface area contributed by atoms with E-state index in [9.17, 15) is 13.2 Å². The molecule has 2 aromatic carbocycles. The molecule has 8 heteroatoms. The lowest BCUT2D eigenvalue weighted by atomic mass is 10.2. The van der Waals surface area contributed by atoms with Gasteiger partial charge in [0.15, 0.2) is 0 Å². The number of rotatable bonds is 4. The number of benzene rings is 2. The monoisotopic (exact) mass is 393 g/mol. The largest absolute Gasteiger partial charge is 0.368 e. The van der Waals surface area contributed by atoms with Crippen LogP contribution >= 0.6 is 11.6 Å². The first-order chi connectivity index (χ1) is 12.3. The molecule has 1 aliphatic rings. The van der Waals surface area contributed by atoms with E-state index in [-0.39, 0.29) is 10.8 Å². The zero-order valence-corrected chi connectivity index (χ0v) is 15.9. The molecule has 0 bridgehead atoms. The average molecular weight is 394 g/mol. The van der Waals surface area contributed by atoms with Crippen LogP contribution in [0, 0.1) is 0 Å². The number of carbonyl (C=O) groups excluding carboxylic acids is 1. The standard InChI is InChI=1S/C18H20ClN3O3S/c1-14(23)21-9-11-22(12-10-21)17-7-5-16(6-8-17)20-26(24,25)18-4-2-3-15(19)13-18/h2-8,13,20H,9-12H2,1H3. The SMILES string of the molecule is CC(=O)N1CCN(c2ccc(NS(=O)(=O)c3cccc(Cl)c3)cc2)CC1. The third-order valence-corrected chi connectivity index (χ3v) is 5.93. The summed E-state index contributed by atoms with van der Waals surface area (Å²) >= 11 is 5.87. The first-order valence-electron chi connectivity index (χ1n) is 8.24. The summed E-state index contributed by atoms with van der Waals surface area (Å²) in [5, 5.41) is 0.368. The highest BCUT2D eigenvalue weighted by Gasteiger charge is 2.19. The first kappa shape index (κ1) is 18.5. The van der Waals surface area contributed by atoms with Gasteiger partial charge >= 0.3 is 0 Å². The maximum atomic E-state index is 12.4. The van der Waals surface area contributed by atoms with Crippen LogP contribution < -0.4 is 9.62 Å². The van der Waals surface area contributed by atoms with Gasteiger partial charge in [-0.1, -0.05) is 17.7 Å². The quantitative estimate of drug-likeness (QED) is 0.867. The second-order valence-corrected chi connectivity index (χ2v) is 8.22. The Bertz CT molecular complexity index is 892. The van der Waals surface area contributed by atoms with Crippen molar-refractivity contribution in [2.45, 2.75) is 11.8 Å². The molecule has 0 spiro atoms. The third kappa shape index (κ3) is 4.28. The van der Waals surface area contributed by atoms with Crippen molar-refractivity contribution < 1.29 is 13.2 Å². The molecule has 6 nitrogen and oxygen atoms in total. The zero-order valence-electron chi connectivity index (χ0n) is 14.4. The number of nitrogens with zero attached hydrogens (tertiary/aromatic N) is 2. The van der Waals surface area contributed by atoms with Crippen molar-refractivity contribution in [3.63, 3.8) is 0 Å². The third-order valence-electron chi connectivity index (χ3n) is 4.32. The number of carbonyl (C=O) groups is 1. The van der Waals surface area contributed by atoms with Crippen molar-refractivity contribution in [2.75, 3.05) is 35.8 Å². The molecule has 1 fully saturated rings. The van der Waals surface area contributed by atoms with Crippen LogP contribution in [0.1, 0.15) is 6.92 Å². The van der Waals surface area contributed by atoms with Gasteiger partial charge in [0.1, 0.15) is 0 Å². The van der Waals surface area contributed by atoms with Gasteiger partial charge in [-0.25, -0.2) is 8.42 Å². The van der Waals surface area contributed by atoms with Crippen molar-refractivity contribution >= 4 is 38.9 Å². The van der Waals surface area contributed by atoms with Gasteiger partial charge in [-0.05, 0) is 42.5 Å². The first-order valence-corrected chi connectivity index (χ1v) is 10.1. The number of halogens is 1. The Labute approximate surface area is 158 Å². The minimum Gasteiger partial charge on any atom is -0.368 e. The van der Waals surface area contributed by atoms with Gasteiger partial charge in [0, 0.05) is 49.5 Å². The number of piperazine rings is 1. The van der Waals surface area contributed by atoms with Gasteiger partial charge in [-0.3, -0.25) is 9.52 Å². The fraction of sp³-hybridized carbons (Fsp3) is 0.278. The van der Waals surface area contributed by atoms with Crippen LogP contribution in [0.25, 0.3) is 0 Å². The summed E-state index contributed by atoms with van der Waals surface area (Å²) in [6, 6.07) is 13.3. The number of hydrogen-bond donors (Lipinski definition) is 1. The molecule has 1 heterocycles. The topological polar surface area (TPSA) is 69.7 Å². The summed E-state index contributed by atoms with van der Waals surface area (Å²) in [6.45, 7) is 4.48. The normalized spacial score (nSPS) is 15.0. The molecule has 138 valence electrons. The lowest BCUT2D eigenvalue weighted by Gasteiger charge is -2.35. The highest BCUT2D eigenvalue weighted by atomic mass is 35.5. The molecular formula is C18H20ClN3O3S. The van der Waals surface area contributed by atoms with E-state index < -0.39 is 10.0 Å². The highest BCUT2D eigenvalue weighted by molar-refractivity contribution is 7.92. The molecule has 1 saturated heterocycles. The number of sulfonamides is 1. The van der Waals surface area contributed by atoms with E-state index in [0.717, 1.165) is 18.8 Å². The van der Waals surface area contributed by atoms with E-state index in [1.807, 2.05) is 17.0 Å². The fourth-order valence-corrected chi connectivity index (χ4v) is 4.23. The molecule has 0 saturated carbocycles. The Morgan fingerprint density at radius 2 is 1.69 bits per heavy atom. The molecule has 3 rings (SSSR count). The minimum atomic E-state index is -3.68. The second kappa shape index (κ2) is 7.55. The summed E-state index contributed by atoms with van der Waals surface area (Å²) in [5.41, 5.74) is 1.48. The van der Waals surface area contributed by atoms with Gasteiger partial charge in [-0.15, -0.1) is 0 Å². The van der Waals surface area contributed by atoms with Gasteiger partial charge in [-0.2, -0.15) is 0 Å². The van der Waals surface area contributed by atoms with E-state index >= 15 is 0 Å². The lowest BCUT2D eigenvalue weighted by molar-refractivity contribution is -0.129. The Hall–Kier alpha value is -2.25. The fourth-order valence-electron chi connectivity index (χ4n) is 2.87. The zero-order chi connectivity index (χ0) is 18.7. The van der Waals surface area contributed by atoms with Crippen LogP contribution in [-0.4, -0.2) is 45.4 Å². The van der Waals surface area contributed by atoms with Crippen LogP contribution in [-0.2, 0) is 14.8 Å². The Morgan fingerprint density at radius 1 is 1.04 bits per heavy atom. The lowest BCUT2D eigenvalue weighted by Crippen LogP contribution is -2.48. The number of hydrogen-bond acceptors (Lipinski definition) is 4. The molecule has 1 amide bonds. The summed E-state index contributed by atoms with van der Waals surface area (Å²) < 4.78 is 27.4. The van der Waals surface area contributed by atoms with Crippen molar-refractivity contribution in [1.29, 1.82) is 0 Å². The summed E-state index contributed by atoms with van der Waals surface area (Å²) in [6.07, 6.45) is 0. The van der Waals surface area contributed by atoms with Crippen molar-refractivity contribution in [2.24, 2.45) is 0 Å². The second-order valence-electron chi connectivity index (χ2n) is 6.10. The smallest absolute Gasteiger partial charge is 0.261 e. The predicted octanol–water partition coefficient (Wildman–Crippen LogP) is 2.81. The van der Waals surface area contributed by atoms with Crippen LogP contribution in [0.5, 0.6) is 0 Å². The van der Waals surface area contributed by atoms with E-state index in [2.05, 4.69) is 9.62 Å². The number of nitrogens with one attached hydrogen (secondary N) is 1. The Balaban J connectivity index is 1.67. The molecular weight excluding hydrogens is 374 g/mol. The summed E-state index contributed by atoms with van der Waals surface area (Å²) in [5.74, 6) is 0.0930. The van der Waals surface area contributed by atoms with E-state index in [1.54, 1.807) is 31.2 Å². The van der Waals surface area contributed by atoms with Crippen molar-refractivity contribution in [1.82, 2.24) is 4.90 Å². The molecule has 2 aromatic rings. The van der Waals surface area contributed by atoms with Crippen LogP contribution in [0.4, 0.5) is 11.4 Å². The molecule has 26 heavy (non-hydrogen) atoms. The molecule has 0 atom stereocenters. The molecule has 0 unspecified atom stereocenters. The summed E-state index contributed by atoms with van der Waals surface area (Å²) in [4.78, 5) is 15.5. The average Bonchev–Trinajstić information content (AvgIpc) is 2.62. The van der Waals surface area contributed by atoms with Gasteiger partial charge in [0.05, 0.1) is 4.90 Å². The molecule has 1 N–H and O–H groups in total. The Kier molecular flexibility index (Phi) is 5.38. The molecule has 1 aliphatic heterocycles. The molecule has 0 aliphatic carbocycles. The maximum absolute atomic E-state index is 12.4. The van der Waals surface area contributed by atoms with Crippen LogP contribution in [0.3, 0.4) is 0 Å². The Morgan fingerprint density at radius 3 is 2.27 bits per heavy atom. The van der Waals surface area contributed by atoms with E-state index in [1.165, 1.54) is 12.1 Å². The number of anilines is 2. The number of amides is 1. The van der Waals surface area contributed by atoms with Gasteiger partial charge in [0.2, 0.25) is 5.91 Å². The van der Waals surface area contributed by atoms with E-state index in [4.69, 9.17) is 11.6 Å². The maximum Gasteiger partial charge on any atom is 0.261 e. The highest BCUT2D eigenvalue weighted by Crippen LogP contribution is 2.23. The van der Waals surface area contributed by atoms with Gasteiger partial charge in [0.25, 0.3) is 10.0 Å².